The van der Waals surface area contributed by atoms with E-state index in [-0.39, 0.29) is 29.0 Å². The van der Waals surface area contributed by atoms with Crippen molar-refractivity contribution in [3.63, 3.8) is 0 Å². The van der Waals surface area contributed by atoms with Crippen LogP contribution in [0, 0.1) is 18.3 Å². The average molecular weight is 293 g/mol. The molecule has 1 saturated carbocycles. The minimum atomic E-state index is -1.79. The van der Waals surface area contributed by atoms with Crippen molar-refractivity contribution in [2.45, 2.75) is 70.3 Å². The fraction of sp³-hybridized carbons (Fsp3) is 0.812. The average Bonchev–Trinajstić information content (AvgIpc) is 3.08. The number of hydrogen-bond donors (Lipinski definition) is 0. The van der Waals surface area contributed by atoms with Crippen molar-refractivity contribution in [2.75, 3.05) is 6.54 Å². The Bertz CT molecular complexity index is 429. The van der Waals surface area contributed by atoms with E-state index in [0.29, 0.717) is 6.54 Å². The third-order valence-electron chi connectivity index (χ3n) is 4.93. The molecule has 0 radical (unpaired) electrons. The number of likely N-dealkylation sites (tertiary alicyclic amines) is 1. The fourth-order valence-electron chi connectivity index (χ4n) is 2.44. The van der Waals surface area contributed by atoms with Gasteiger partial charge in [-0.15, -0.1) is 6.42 Å². The third kappa shape index (κ3) is 3.10. The zero-order valence-electron chi connectivity index (χ0n) is 13.4. The van der Waals surface area contributed by atoms with E-state index in [1.165, 1.54) is 0 Å². The number of carbonyl (C=O) groups is 1. The van der Waals surface area contributed by atoms with Crippen LogP contribution in [0.2, 0.25) is 18.1 Å². The van der Waals surface area contributed by atoms with E-state index in [9.17, 15) is 4.79 Å². The molecule has 0 aromatic heterocycles. The lowest BCUT2D eigenvalue weighted by atomic mass is 10.2. The van der Waals surface area contributed by atoms with Gasteiger partial charge in [0, 0.05) is 18.9 Å². The predicted molar refractivity (Wildman–Crippen MR) is 83.7 cm³/mol. The largest absolute Gasteiger partial charge is 0.412 e. The first-order valence-electron chi connectivity index (χ1n) is 7.60. The number of nitrogens with zero attached hydrogens (tertiary/aromatic N) is 1. The summed E-state index contributed by atoms with van der Waals surface area (Å²) in [6.07, 6.45) is 8.57. The molecule has 0 spiro atoms. The highest BCUT2D eigenvalue weighted by Gasteiger charge is 2.45. The maximum absolute atomic E-state index is 12.3. The summed E-state index contributed by atoms with van der Waals surface area (Å²) in [7, 11) is -1.79. The van der Waals surface area contributed by atoms with Gasteiger partial charge in [-0.05, 0) is 31.0 Å². The number of amides is 1. The van der Waals surface area contributed by atoms with Gasteiger partial charge in [-0.3, -0.25) is 4.79 Å². The molecule has 1 aliphatic heterocycles. The maximum atomic E-state index is 12.3. The Morgan fingerprint density at radius 2 is 1.95 bits per heavy atom. The molecular formula is C16H27NO2Si. The zero-order chi connectivity index (χ0) is 15.1. The molecule has 1 saturated heterocycles. The Hall–Kier alpha value is -0.793. The lowest BCUT2D eigenvalue weighted by molar-refractivity contribution is -0.132. The van der Waals surface area contributed by atoms with E-state index in [1.54, 1.807) is 0 Å². The molecule has 1 amide bonds. The van der Waals surface area contributed by atoms with Crippen LogP contribution in [-0.2, 0) is 9.22 Å². The van der Waals surface area contributed by atoms with Crippen LogP contribution in [0.5, 0.6) is 0 Å². The summed E-state index contributed by atoms with van der Waals surface area (Å²) in [5.74, 6) is 3.25. The summed E-state index contributed by atoms with van der Waals surface area (Å²) in [6, 6.07) is -0.0714. The molecular weight excluding hydrogens is 266 g/mol. The SMILES string of the molecule is C#C[C@H]1C[C@@H](O[Si](C)(C)C(C)(C)C)CN1C(=O)C1CC1. The van der Waals surface area contributed by atoms with Crippen LogP contribution >= 0.6 is 0 Å². The Morgan fingerprint density at radius 3 is 2.40 bits per heavy atom. The van der Waals surface area contributed by atoms with Gasteiger partial charge in [-0.2, -0.15) is 0 Å². The quantitative estimate of drug-likeness (QED) is 0.591. The van der Waals surface area contributed by atoms with Crippen LogP contribution in [0.1, 0.15) is 40.0 Å². The normalized spacial score (nSPS) is 27.5. The topological polar surface area (TPSA) is 29.5 Å². The highest BCUT2D eigenvalue weighted by molar-refractivity contribution is 6.74. The van der Waals surface area contributed by atoms with Crippen LogP contribution in [0.3, 0.4) is 0 Å². The number of carbonyl (C=O) groups excluding carboxylic acids is 1. The third-order valence-corrected chi connectivity index (χ3v) is 9.47. The van der Waals surface area contributed by atoms with E-state index in [0.717, 1.165) is 19.3 Å². The van der Waals surface area contributed by atoms with Crippen LogP contribution in [-0.4, -0.2) is 37.8 Å². The monoisotopic (exact) mass is 293 g/mol. The molecule has 2 atom stereocenters. The summed E-state index contributed by atoms with van der Waals surface area (Å²) in [5, 5.41) is 0.187. The van der Waals surface area contributed by atoms with E-state index in [4.69, 9.17) is 10.8 Å². The predicted octanol–water partition coefficient (Wildman–Crippen LogP) is 3.02. The van der Waals surface area contributed by atoms with Gasteiger partial charge < -0.3 is 9.33 Å². The Balaban J connectivity index is 2.02. The van der Waals surface area contributed by atoms with Crippen LogP contribution in [0.15, 0.2) is 0 Å². The molecule has 2 fully saturated rings. The van der Waals surface area contributed by atoms with Gasteiger partial charge in [0.05, 0.1) is 12.1 Å². The highest BCUT2D eigenvalue weighted by Crippen LogP contribution is 2.40. The molecule has 2 rings (SSSR count). The van der Waals surface area contributed by atoms with E-state index in [1.807, 2.05) is 4.90 Å². The summed E-state index contributed by atoms with van der Waals surface area (Å²) in [5.41, 5.74) is 0. The van der Waals surface area contributed by atoms with E-state index < -0.39 is 8.32 Å². The van der Waals surface area contributed by atoms with Crippen LogP contribution in [0.25, 0.3) is 0 Å². The van der Waals surface area contributed by atoms with Crippen LogP contribution < -0.4 is 0 Å². The molecule has 20 heavy (non-hydrogen) atoms. The lowest BCUT2D eigenvalue weighted by Crippen LogP contribution is -2.45. The van der Waals surface area contributed by atoms with E-state index >= 15 is 0 Å². The first kappa shape index (κ1) is 15.6. The molecule has 1 aliphatic carbocycles. The Morgan fingerprint density at radius 1 is 1.35 bits per heavy atom. The molecule has 2 aliphatic rings. The molecule has 0 aromatic rings. The van der Waals surface area contributed by atoms with Crippen molar-refractivity contribution in [3.8, 4) is 12.3 Å². The van der Waals surface area contributed by atoms with Crippen molar-refractivity contribution in [1.29, 1.82) is 0 Å². The van der Waals surface area contributed by atoms with Gasteiger partial charge in [0.25, 0.3) is 0 Å². The molecule has 0 unspecified atom stereocenters. The molecule has 3 nitrogen and oxygen atoms in total. The van der Waals surface area contributed by atoms with Crippen molar-refractivity contribution < 1.29 is 9.22 Å². The number of terminal acetylenes is 1. The molecule has 0 N–H and O–H groups in total. The van der Waals surface area contributed by atoms with Gasteiger partial charge in [-0.1, -0.05) is 26.7 Å². The second kappa shape index (κ2) is 5.20. The van der Waals surface area contributed by atoms with Gasteiger partial charge in [0.15, 0.2) is 8.32 Å². The fourth-order valence-corrected chi connectivity index (χ4v) is 3.80. The first-order valence-corrected chi connectivity index (χ1v) is 10.5. The summed E-state index contributed by atoms with van der Waals surface area (Å²) in [6.45, 7) is 11.9. The maximum Gasteiger partial charge on any atom is 0.226 e. The van der Waals surface area contributed by atoms with Crippen molar-refractivity contribution in [3.05, 3.63) is 0 Å². The van der Waals surface area contributed by atoms with E-state index in [2.05, 4.69) is 39.8 Å². The van der Waals surface area contributed by atoms with Gasteiger partial charge in [0.1, 0.15) is 0 Å². The first-order chi connectivity index (χ1) is 9.15. The number of hydrogen-bond acceptors (Lipinski definition) is 2. The van der Waals surface area contributed by atoms with Gasteiger partial charge in [0.2, 0.25) is 5.91 Å². The Labute approximate surface area is 124 Å². The summed E-state index contributed by atoms with van der Waals surface area (Å²) in [4.78, 5) is 14.2. The molecule has 112 valence electrons. The lowest BCUT2D eigenvalue weighted by Gasteiger charge is -2.38. The van der Waals surface area contributed by atoms with Crippen LogP contribution in [0.4, 0.5) is 0 Å². The second-order valence-corrected chi connectivity index (χ2v) is 12.4. The second-order valence-electron chi connectivity index (χ2n) is 7.68. The zero-order valence-corrected chi connectivity index (χ0v) is 14.4. The van der Waals surface area contributed by atoms with Gasteiger partial charge >= 0.3 is 0 Å². The standard InChI is InChI=1S/C16H27NO2Si/c1-7-13-10-14(19-20(5,6)16(2,3)4)11-17(13)15(18)12-8-9-12/h1,12-14H,8-11H2,2-6H3/t13-,14+/m0/s1. The van der Waals surface area contributed by atoms with Crippen molar-refractivity contribution >= 4 is 14.2 Å². The van der Waals surface area contributed by atoms with Crippen molar-refractivity contribution in [1.82, 2.24) is 4.90 Å². The molecule has 4 heteroatoms. The molecule has 1 heterocycles. The summed E-state index contributed by atoms with van der Waals surface area (Å²) >= 11 is 0. The minimum Gasteiger partial charge on any atom is -0.412 e. The van der Waals surface area contributed by atoms with Crippen molar-refractivity contribution in [2.24, 2.45) is 5.92 Å². The smallest absolute Gasteiger partial charge is 0.226 e. The summed E-state index contributed by atoms with van der Waals surface area (Å²) < 4.78 is 6.43. The number of rotatable bonds is 3. The Kier molecular flexibility index (Phi) is 4.05. The highest BCUT2D eigenvalue weighted by atomic mass is 28.4. The molecule has 0 bridgehead atoms. The minimum absolute atomic E-state index is 0.0714. The van der Waals surface area contributed by atoms with Gasteiger partial charge in [-0.25, -0.2) is 0 Å². The molecule has 0 aromatic carbocycles.